The molecule has 2 atom stereocenters. The first-order valence-electron chi connectivity index (χ1n) is 14.1. The molecular formula is C30H32ClFN6O4S. The largest absolute Gasteiger partial charge is 0.464 e. The normalized spacial score (nSPS) is 20.8. The number of hydrogen-bond donors (Lipinski definition) is 0. The molecule has 2 aliphatic rings. The number of pyridine rings is 1. The summed E-state index contributed by atoms with van der Waals surface area (Å²) in [5.74, 6) is -0.185. The van der Waals surface area contributed by atoms with Crippen molar-refractivity contribution in [2.45, 2.75) is 51.4 Å². The van der Waals surface area contributed by atoms with Gasteiger partial charge in [0.2, 0.25) is 0 Å². The third kappa shape index (κ3) is 6.14. The molecule has 0 unspecified atom stereocenters. The summed E-state index contributed by atoms with van der Waals surface area (Å²) >= 11 is 7.14. The van der Waals surface area contributed by atoms with Gasteiger partial charge in [0.05, 0.1) is 38.1 Å². The molecular weight excluding hydrogens is 595 g/mol. The van der Waals surface area contributed by atoms with Gasteiger partial charge in [-0.3, -0.25) is 9.69 Å². The number of hydrogen-bond acceptors (Lipinski definition) is 9. The van der Waals surface area contributed by atoms with Gasteiger partial charge in [-0.15, -0.1) is 11.3 Å². The fourth-order valence-corrected chi connectivity index (χ4v) is 6.48. The molecule has 10 nitrogen and oxygen atoms in total. The number of imidazole rings is 1. The van der Waals surface area contributed by atoms with Crippen LogP contribution in [0.1, 0.15) is 57.6 Å². The Morgan fingerprint density at radius 2 is 2.02 bits per heavy atom. The number of esters is 1. The van der Waals surface area contributed by atoms with Gasteiger partial charge in [-0.25, -0.2) is 24.1 Å². The van der Waals surface area contributed by atoms with Gasteiger partial charge in [0, 0.05) is 48.9 Å². The van der Waals surface area contributed by atoms with Crippen molar-refractivity contribution in [3.05, 3.63) is 74.3 Å². The summed E-state index contributed by atoms with van der Waals surface area (Å²) in [6.45, 7) is 7.71. The van der Waals surface area contributed by atoms with Gasteiger partial charge in [-0.2, -0.15) is 0 Å². The van der Waals surface area contributed by atoms with Crippen molar-refractivity contribution in [1.82, 2.24) is 29.3 Å². The van der Waals surface area contributed by atoms with Crippen LogP contribution in [0.5, 0.6) is 0 Å². The SMILES string of the molecule is COC(=O)c1ccc2nc(CN3CCN(C(=O)c4nc(Cc5ccc(Cl)cc5F)cs4)C[C@@H]3C)n(C[C@]3(C)CCO3)c2n1. The van der Waals surface area contributed by atoms with Crippen molar-refractivity contribution in [3.8, 4) is 0 Å². The van der Waals surface area contributed by atoms with Crippen LogP contribution in [0.25, 0.3) is 11.2 Å². The van der Waals surface area contributed by atoms with Gasteiger partial charge in [-0.05, 0) is 43.7 Å². The van der Waals surface area contributed by atoms with Crippen LogP contribution in [-0.4, -0.2) is 86.2 Å². The summed E-state index contributed by atoms with van der Waals surface area (Å²) in [6.07, 6.45) is 1.21. The van der Waals surface area contributed by atoms with Crippen LogP contribution in [0.15, 0.2) is 35.7 Å². The van der Waals surface area contributed by atoms with Crippen LogP contribution < -0.4 is 0 Å². The number of methoxy groups -OCH3 is 1. The molecule has 0 spiro atoms. The Kier molecular flexibility index (Phi) is 8.20. The number of benzene rings is 1. The van der Waals surface area contributed by atoms with Crippen LogP contribution in [0.3, 0.4) is 0 Å². The Balaban J connectivity index is 1.15. The summed E-state index contributed by atoms with van der Waals surface area (Å²) < 4.78 is 27.1. The van der Waals surface area contributed by atoms with E-state index >= 15 is 0 Å². The Morgan fingerprint density at radius 3 is 2.72 bits per heavy atom. The number of carbonyl (C=O) groups excluding carboxylic acids is 2. The van der Waals surface area contributed by atoms with Gasteiger partial charge < -0.3 is 18.9 Å². The molecule has 4 aromatic rings. The molecule has 43 heavy (non-hydrogen) atoms. The average Bonchev–Trinajstić information content (AvgIpc) is 3.58. The number of ether oxygens (including phenoxy) is 2. The van der Waals surface area contributed by atoms with E-state index in [2.05, 4.69) is 28.7 Å². The van der Waals surface area contributed by atoms with Gasteiger partial charge in [-0.1, -0.05) is 17.7 Å². The molecule has 2 fully saturated rings. The second-order valence-electron chi connectivity index (χ2n) is 11.3. The molecule has 1 amide bonds. The fraction of sp³-hybridized carbons (Fsp3) is 0.433. The Labute approximate surface area is 257 Å². The molecule has 0 radical (unpaired) electrons. The lowest BCUT2D eigenvalue weighted by Crippen LogP contribution is -2.53. The van der Waals surface area contributed by atoms with Crippen LogP contribution >= 0.6 is 22.9 Å². The summed E-state index contributed by atoms with van der Waals surface area (Å²) in [6, 6.07) is 8.04. The van der Waals surface area contributed by atoms with Crippen molar-refractivity contribution in [2.75, 3.05) is 33.4 Å². The molecule has 1 aromatic carbocycles. The summed E-state index contributed by atoms with van der Waals surface area (Å²) in [7, 11) is 1.34. The zero-order valence-corrected chi connectivity index (χ0v) is 25.8. The first-order valence-corrected chi connectivity index (χ1v) is 15.4. The molecule has 2 aliphatic heterocycles. The van der Waals surface area contributed by atoms with Crippen molar-refractivity contribution < 1.29 is 23.5 Å². The smallest absolute Gasteiger partial charge is 0.356 e. The second-order valence-corrected chi connectivity index (χ2v) is 12.6. The molecule has 0 N–H and O–H groups in total. The first kappa shape index (κ1) is 29.6. The molecule has 2 saturated heterocycles. The predicted molar refractivity (Wildman–Crippen MR) is 160 cm³/mol. The van der Waals surface area contributed by atoms with E-state index in [4.69, 9.17) is 26.1 Å². The molecule has 5 heterocycles. The molecule has 0 aliphatic carbocycles. The maximum absolute atomic E-state index is 14.3. The highest BCUT2D eigenvalue weighted by atomic mass is 35.5. The highest BCUT2D eigenvalue weighted by Gasteiger charge is 2.36. The number of fused-ring (bicyclic) bond motifs is 1. The van der Waals surface area contributed by atoms with E-state index in [0.29, 0.717) is 71.8 Å². The molecule has 0 saturated carbocycles. The van der Waals surface area contributed by atoms with E-state index < -0.39 is 5.97 Å². The Hall–Kier alpha value is -3.45. The Morgan fingerprint density at radius 1 is 1.21 bits per heavy atom. The standard InChI is InChI=1S/C30H32ClFN6O4S/c1-18-14-37(28(39)27-33-21(16-43-27)12-19-4-5-20(31)13-22(19)32)10-9-36(18)15-25-34-23-6-7-24(29(40)41-3)35-26(23)38(25)17-30(2)8-11-42-30/h4-7,13,16,18H,8-12,14-15,17H2,1-3H3/t18-,30-/m0/s1. The molecule has 13 heteroatoms. The number of piperazine rings is 1. The van der Waals surface area contributed by atoms with Crippen LogP contribution in [0.4, 0.5) is 4.39 Å². The van der Waals surface area contributed by atoms with E-state index in [1.54, 1.807) is 29.6 Å². The second kappa shape index (κ2) is 11.9. The van der Waals surface area contributed by atoms with Gasteiger partial charge in [0.25, 0.3) is 5.91 Å². The van der Waals surface area contributed by atoms with E-state index in [0.717, 1.165) is 12.2 Å². The number of amides is 1. The first-order chi connectivity index (χ1) is 20.6. The topological polar surface area (TPSA) is 103 Å². The van der Waals surface area contributed by atoms with Crippen LogP contribution in [0.2, 0.25) is 5.02 Å². The lowest BCUT2D eigenvalue weighted by Gasteiger charge is -2.41. The van der Waals surface area contributed by atoms with Crippen molar-refractivity contribution >= 4 is 46.0 Å². The average molecular weight is 627 g/mol. The van der Waals surface area contributed by atoms with Gasteiger partial charge in [0.15, 0.2) is 16.3 Å². The molecule has 3 aromatic heterocycles. The van der Waals surface area contributed by atoms with E-state index in [-0.39, 0.29) is 35.5 Å². The number of nitrogens with zero attached hydrogens (tertiary/aromatic N) is 6. The minimum Gasteiger partial charge on any atom is -0.464 e. The third-order valence-corrected chi connectivity index (χ3v) is 9.27. The number of thiazole rings is 1. The Bertz CT molecular complexity index is 1690. The zero-order chi connectivity index (χ0) is 30.3. The third-order valence-electron chi connectivity index (χ3n) is 8.16. The zero-order valence-electron chi connectivity index (χ0n) is 24.2. The maximum Gasteiger partial charge on any atom is 0.356 e. The number of halogens is 2. The lowest BCUT2D eigenvalue weighted by molar-refractivity contribution is -0.142. The highest BCUT2D eigenvalue weighted by Crippen LogP contribution is 2.30. The van der Waals surface area contributed by atoms with Crippen LogP contribution in [0, 0.1) is 5.82 Å². The molecule has 6 rings (SSSR count). The summed E-state index contributed by atoms with van der Waals surface area (Å²) in [5, 5.41) is 2.54. The number of rotatable bonds is 8. The lowest BCUT2D eigenvalue weighted by atomic mass is 9.97. The van der Waals surface area contributed by atoms with Crippen LogP contribution in [-0.2, 0) is 29.0 Å². The number of aromatic nitrogens is 4. The maximum atomic E-state index is 14.3. The highest BCUT2D eigenvalue weighted by molar-refractivity contribution is 7.11. The van der Waals surface area contributed by atoms with Crippen molar-refractivity contribution in [1.29, 1.82) is 0 Å². The predicted octanol–water partition coefficient (Wildman–Crippen LogP) is 4.58. The fourth-order valence-electron chi connectivity index (χ4n) is 5.54. The molecule has 0 bridgehead atoms. The van der Waals surface area contributed by atoms with Crippen molar-refractivity contribution in [2.24, 2.45) is 0 Å². The van der Waals surface area contributed by atoms with Gasteiger partial charge >= 0.3 is 5.97 Å². The summed E-state index contributed by atoms with van der Waals surface area (Å²) in [5.41, 5.74) is 2.35. The van der Waals surface area contributed by atoms with Gasteiger partial charge in [0.1, 0.15) is 17.2 Å². The van der Waals surface area contributed by atoms with Crippen molar-refractivity contribution in [3.63, 3.8) is 0 Å². The van der Waals surface area contributed by atoms with E-state index in [9.17, 15) is 14.0 Å². The minimum atomic E-state index is -0.499. The monoisotopic (exact) mass is 626 g/mol. The number of carbonyl (C=O) groups is 2. The summed E-state index contributed by atoms with van der Waals surface area (Å²) in [4.78, 5) is 43.6. The minimum absolute atomic E-state index is 0.0580. The van der Waals surface area contributed by atoms with E-state index in [1.165, 1.54) is 24.5 Å². The quantitative estimate of drug-likeness (QED) is 0.262. The van der Waals surface area contributed by atoms with E-state index in [1.807, 2.05) is 9.47 Å². The molecule has 226 valence electrons.